The van der Waals surface area contributed by atoms with Crippen molar-refractivity contribution in [1.29, 1.82) is 0 Å². The summed E-state index contributed by atoms with van der Waals surface area (Å²) in [6.45, 7) is 2.48. The summed E-state index contributed by atoms with van der Waals surface area (Å²) in [5, 5.41) is 16.4. The van der Waals surface area contributed by atoms with Gasteiger partial charge in [-0.25, -0.2) is 0 Å². The molecule has 0 bridgehead atoms. The monoisotopic (exact) mass is 185 g/mol. The summed E-state index contributed by atoms with van der Waals surface area (Å²) in [6, 6.07) is 0. The Morgan fingerprint density at radius 2 is 2.54 bits per heavy atom. The highest BCUT2D eigenvalue weighted by molar-refractivity contribution is 5.37. The van der Waals surface area contributed by atoms with Crippen molar-refractivity contribution in [2.75, 3.05) is 6.61 Å². The Balaban J connectivity index is 2.55. The number of nitrogens with zero attached hydrogens (tertiary/aromatic N) is 2. The zero-order valence-corrected chi connectivity index (χ0v) is 7.32. The van der Waals surface area contributed by atoms with E-state index in [-0.39, 0.29) is 11.6 Å². The predicted octanol–water partition coefficient (Wildman–Crippen LogP) is 1.50. The number of ether oxygens (including phenoxy) is 1. The normalized spacial score (nSPS) is 9.92. The summed E-state index contributed by atoms with van der Waals surface area (Å²) in [4.78, 5) is 9.86. The molecule has 0 aliphatic rings. The Kier molecular flexibility index (Phi) is 3.24. The maximum atomic E-state index is 10.4. The molecule has 72 valence electrons. The van der Waals surface area contributed by atoms with Gasteiger partial charge in [-0.3, -0.25) is 15.2 Å². The SMILES string of the molecule is CCCCOc1n[nH]cc1[N+](=O)[O-]. The third kappa shape index (κ3) is 2.43. The average Bonchev–Trinajstić information content (AvgIpc) is 2.53. The van der Waals surface area contributed by atoms with Gasteiger partial charge in [0.05, 0.1) is 11.5 Å². The Hall–Kier alpha value is -1.59. The fraction of sp³-hybridized carbons (Fsp3) is 0.571. The summed E-state index contributed by atoms with van der Waals surface area (Å²) < 4.78 is 5.09. The summed E-state index contributed by atoms with van der Waals surface area (Å²) in [7, 11) is 0. The molecule has 0 atom stereocenters. The van der Waals surface area contributed by atoms with Crippen molar-refractivity contribution in [3.05, 3.63) is 16.3 Å². The molecule has 0 amide bonds. The van der Waals surface area contributed by atoms with E-state index in [1.165, 1.54) is 6.20 Å². The number of unbranched alkanes of at least 4 members (excludes halogenated alkanes) is 1. The third-order valence-electron chi connectivity index (χ3n) is 1.52. The molecule has 0 radical (unpaired) electrons. The van der Waals surface area contributed by atoms with E-state index < -0.39 is 4.92 Å². The maximum absolute atomic E-state index is 10.4. The van der Waals surface area contributed by atoms with Crippen molar-refractivity contribution < 1.29 is 9.66 Å². The first-order chi connectivity index (χ1) is 6.25. The van der Waals surface area contributed by atoms with Gasteiger partial charge in [0.25, 0.3) is 0 Å². The number of hydrogen-bond acceptors (Lipinski definition) is 4. The molecule has 6 nitrogen and oxygen atoms in total. The van der Waals surface area contributed by atoms with Gasteiger partial charge in [-0.1, -0.05) is 13.3 Å². The van der Waals surface area contributed by atoms with Crippen LogP contribution < -0.4 is 4.74 Å². The lowest BCUT2D eigenvalue weighted by Gasteiger charge is -1.99. The van der Waals surface area contributed by atoms with Crippen LogP contribution in [0.2, 0.25) is 0 Å². The second kappa shape index (κ2) is 4.44. The first-order valence-corrected chi connectivity index (χ1v) is 4.06. The first-order valence-electron chi connectivity index (χ1n) is 4.06. The molecular weight excluding hydrogens is 174 g/mol. The number of nitro groups is 1. The van der Waals surface area contributed by atoms with Crippen molar-refractivity contribution in [2.24, 2.45) is 0 Å². The van der Waals surface area contributed by atoms with E-state index in [9.17, 15) is 10.1 Å². The van der Waals surface area contributed by atoms with Crippen LogP contribution in [-0.4, -0.2) is 21.7 Å². The van der Waals surface area contributed by atoms with E-state index in [2.05, 4.69) is 10.2 Å². The van der Waals surface area contributed by atoms with Gasteiger partial charge < -0.3 is 4.74 Å². The van der Waals surface area contributed by atoms with E-state index in [1.807, 2.05) is 6.92 Å². The smallest absolute Gasteiger partial charge is 0.349 e. The van der Waals surface area contributed by atoms with Crippen LogP contribution >= 0.6 is 0 Å². The summed E-state index contributed by atoms with van der Waals surface area (Å²) in [6.07, 6.45) is 3.06. The standard InChI is InChI=1S/C7H11N3O3/c1-2-3-4-13-7-6(10(11)12)5-8-9-7/h5H,2-4H2,1H3,(H,8,9). The minimum atomic E-state index is -0.523. The molecular formula is C7H11N3O3. The Morgan fingerprint density at radius 3 is 3.15 bits per heavy atom. The molecule has 0 saturated carbocycles. The van der Waals surface area contributed by atoms with E-state index in [0.717, 1.165) is 12.8 Å². The molecule has 0 aromatic carbocycles. The Labute approximate surface area is 75.1 Å². The van der Waals surface area contributed by atoms with Crippen molar-refractivity contribution in [2.45, 2.75) is 19.8 Å². The molecule has 0 aliphatic heterocycles. The number of H-pyrrole nitrogens is 1. The lowest BCUT2D eigenvalue weighted by Crippen LogP contribution is -1.99. The molecule has 1 rings (SSSR count). The number of aromatic nitrogens is 2. The van der Waals surface area contributed by atoms with Crippen molar-refractivity contribution in [3.8, 4) is 5.88 Å². The van der Waals surface area contributed by atoms with E-state index in [0.29, 0.717) is 6.61 Å². The van der Waals surface area contributed by atoms with Crippen LogP contribution in [0.25, 0.3) is 0 Å². The molecule has 1 N–H and O–H groups in total. The number of hydrogen-bond donors (Lipinski definition) is 1. The van der Waals surface area contributed by atoms with Gasteiger partial charge in [0, 0.05) is 0 Å². The fourth-order valence-corrected chi connectivity index (χ4v) is 0.821. The number of aromatic amines is 1. The van der Waals surface area contributed by atoms with Crippen LogP contribution in [0.1, 0.15) is 19.8 Å². The van der Waals surface area contributed by atoms with E-state index in [1.54, 1.807) is 0 Å². The minimum Gasteiger partial charge on any atom is -0.472 e. The van der Waals surface area contributed by atoms with Gasteiger partial charge >= 0.3 is 11.6 Å². The summed E-state index contributed by atoms with van der Waals surface area (Å²) in [5.41, 5.74) is -0.115. The summed E-state index contributed by atoms with van der Waals surface area (Å²) in [5.74, 6) is 0.0680. The minimum absolute atomic E-state index is 0.0680. The van der Waals surface area contributed by atoms with Crippen molar-refractivity contribution in [3.63, 3.8) is 0 Å². The van der Waals surface area contributed by atoms with Gasteiger partial charge in [-0.15, -0.1) is 5.10 Å². The van der Waals surface area contributed by atoms with Gasteiger partial charge in [0.2, 0.25) is 0 Å². The average molecular weight is 185 g/mol. The number of rotatable bonds is 5. The van der Waals surface area contributed by atoms with Gasteiger partial charge in [0.15, 0.2) is 0 Å². The molecule has 1 heterocycles. The molecule has 6 heteroatoms. The maximum Gasteiger partial charge on any atom is 0.349 e. The first kappa shape index (κ1) is 9.50. The highest BCUT2D eigenvalue weighted by Crippen LogP contribution is 2.22. The highest BCUT2D eigenvalue weighted by Gasteiger charge is 2.17. The topological polar surface area (TPSA) is 81.0 Å². The fourth-order valence-electron chi connectivity index (χ4n) is 0.821. The zero-order valence-electron chi connectivity index (χ0n) is 7.32. The van der Waals surface area contributed by atoms with Crippen LogP contribution in [0.3, 0.4) is 0 Å². The molecule has 0 unspecified atom stereocenters. The molecule has 0 fully saturated rings. The number of nitrogens with one attached hydrogen (secondary N) is 1. The lowest BCUT2D eigenvalue weighted by atomic mass is 10.4. The molecule has 0 spiro atoms. The zero-order chi connectivity index (χ0) is 9.68. The lowest BCUT2D eigenvalue weighted by molar-refractivity contribution is -0.385. The van der Waals surface area contributed by atoms with Gasteiger partial charge in [0.1, 0.15) is 6.20 Å². The van der Waals surface area contributed by atoms with Gasteiger partial charge in [-0.05, 0) is 6.42 Å². The Morgan fingerprint density at radius 1 is 1.77 bits per heavy atom. The van der Waals surface area contributed by atoms with Crippen LogP contribution in [0.4, 0.5) is 5.69 Å². The van der Waals surface area contributed by atoms with Crippen molar-refractivity contribution in [1.82, 2.24) is 10.2 Å². The van der Waals surface area contributed by atoms with Crippen molar-refractivity contribution >= 4 is 5.69 Å². The summed E-state index contributed by atoms with van der Waals surface area (Å²) >= 11 is 0. The molecule has 1 aromatic rings. The Bertz CT molecular complexity index is 284. The molecule has 0 aliphatic carbocycles. The van der Waals surface area contributed by atoms with Crippen LogP contribution in [0.5, 0.6) is 5.88 Å². The predicted molar refractivity (Wildman–Crippen MR) is 45.6 cm³/mol. The van der Waals surface area contributed by atoms with Crippen LogP contribution in [0.15, 0.2) is 6.20 Å². The molecule has 13 heavy (non-hydrogen) atoms. The highest BCUT2D eigenvalue weighted by atomic mass is 16.6. The second-order valence-corrected chi connectivity index (χ2v) is 2.53. The second-order valence-electron chi connectivity index (χ2n) is 2.53. The van der Waals surface area contributed by atoms with Gasteiger partial charge in [-0.2, -0.15) is 0 Å². The van der Waals surface area contributed by atoms with E-state index >= 15 is 0 Å². The largest absolute Gasteiger partial charge is 0.472 e. The molecule has 1 aromatic heterocycles. The van der Waals surface area contributed by atoms with Crippen LogP contribution in [0, 0.1) is 10.1 Å². The quantitative estimate of drug-likeness (QED) is 0.428. The molecule has 0 saturated heterocycles. The third-order valence-corrected chi connectivity index (χ3v) is 1.52. The van der Waals surface area contributed by atoms with Crippen LogP contribution in [-0.2, 0) is 0 Å². The van der Waals surface area contributed by atoms with E-state index in [4.69, 9.17) is 4.74 Å².